The number of hydrogen-bond acceptors (Lipinski definition) is 2. The van der Waals surface area contributed by atoms with Crippen molar-refractivity contribution in [2.24, 2.45) is 0 Å². The zero-order valence-electron chi connectivity index (χ0n) is 8.95. The van der Waals surface area contributed by atoms with Gasteiger partial charge in [-0.1, -0.05) is 18.9 Å². The van der Waals surface area contributed by atoms with E-state index >= 15 is 0 Å². The summed E-state index contributed by atoms with van der Waals surface area (Å²) < 4.78 is 0. The van der Waals surface area contributed by atoms with Crippen molar-refractivity contribution in [1.82, 2.24) is 4.98 Å². The maximum atomic E-state index is 5.93. The standard InChI is InChI=1S/C12H17ClN2/c13-10-11-6-5-7-14-12(11)15-8-3-1-2-4-9-15/h5-7H,1-4,8-10H2. The minimum atomic E-state index is 0.555. The van der Waals surface area contributed by atoms with Crippen LogP contribution in [-0.4, -0.2) is 18.1 Å². The normalized spacial score (nSPS) is 17.5. The minimum Gasteiger partial charge on any atom is -0.356 e. The highest BCUT2D eigenvalue weighted by molar-refractivity contribution is 6.17. The van der Waals surface area contributed by atoms with E-state index in [0.29, 0.717) is 5.88 Å². The Labute approximate surface area is 96.3 Å². The fraction of sp³-hybridized carbons (Fsp3) is 0.583. The molecule has 0 spiro atoms. The summed E-state index contributed by atoms with van der Waals surface area (Å²) in [6, 6.07) is 4.03. The first-order valence-corrected chi connectivity index (χ1v) is 6.20. The van der Waals surface area contributed by atoms with Crippen molar-refractivity contribution in [2.45, 2.75) is 31.6 Å². The van der Waals surface area contributed by atoms with Crippen LogP contribution >= 0.6 is 11.6 Å². The van der Waals surface area contributed by atoms with E-state index in [1.54, 1.807) is 0 Å². The molecule has 1 aliphatic heterocycles. The Morgan fingerprint density at radius 1 is 1.20 bits per heavy atom. The molecule has 2 heterocycles. The predicted molar refractivity (Wildman–Crippen MR) is 64.5 cm³/mol. The molecule has 3 heteroatoms. The Kier molecular flexibility index (Phi) is 3.84. The highest BCUT2D eigenvalue weighted by atomic mass is 35.5. The predicted octanol–water partition coefficient (Wildman–Crippen LogP) is 3.20. The first-order chi connectivity index (χ1) is 7.42. The van der Waals surface area contributed by atoms with Crippen molar-refractivity contribution in [3.8, 4) is 0 Å². The van der Waals surface area contributed by atoms with E-state index in [0.717, 1.165) is 24.5 Å². The molecule has 1 saturated heterocycles. The quantitative estimate of drug-likeness (QED) is 0.718. The SMILES string of the molecule is ClCc1cccnc1N1CCCCCC1. The van der Waals surface area contributed by atoms with Crippen LogP contribution in [0.5, 0.6) is 0 Å². The topological polar surface area (TPSA) is 16.1 Å². The third-order valence-electron chi connectivity index (χ3n) is 2.92. The van der Waals surface area contributed by atoms with Gasteiger partial charge in [-0.25, -0.2) is 4.98 Å². The fourth-order valence-corrected chi connectivity index (χ4v) is 2.31. The molecule has 1 aliphatic rings. The molecule has 82 valence electrons. The average molecular weight is 225 g/mol. The molecule has 2 nitrogen and oxygen atoms in total. The van der Waals surface area contributed by atoms with Gasteiger partial charge in [-0.15, -0.1) is 11.6 Å². The van der Waals surface area contributed by atoms with Crippen LogP contribution in [0.4, 0.5) is 5.82 Å². The molecule has 0 unspecified atom stereocenters. The lowest BCUT2D eigenvalue weighted by molar-refractivity contribution is 0.726. The number of alkyl halides is 1. The van der Waals surface area contributed by atoms with Crippen LogP contribution in [0.3, 0.4) is 0 Å². The minimum absolute atomic E-state index is 0.555. The molecule has 1 aromatic rings. The zero-order chi connectivity index (χ0) is 10.5. The molecule has 0 bridgehead atoms. The Morgan fingerprint density at radius 3 is 2.60 bits per heavy atom. The van der Waals surface area contributed by atoms with E-state index in [1.165, 1.54) is 25.7 Å². The van der Waals surface area contributed by atoms with Crippen molar-refractivity contribution in [2.75, 3.05) is 18.0 Å². The van der Waals surface area contributed by atoms with E-state index in [2.05, 4.69) is 16.0 Å². The highest BCUT2D eigenvalue weighted by Crippen LogP contribution is 2.22. The smallest absolute Gasteiger partial charge is 0.132 e. The van der Waals surface area contributed by atoms with Gasteiger partial charge in [0.15, 0.2) is 0 Å². The van der Waals surface area contributed by atoms with Crippen LogP contribution in [0.15, 0.2) is 18.3 Å². The van der Waals surface area contributed by atoms with E-state index < -0.39 is 0 Å². The van der Waals surface area contributed by atoms with Gasteiger partial charge in [0.05, 0.1) is 5.88 Å². The van der Waals surface area contributed by atoms with E-state index in [1.807, 2.05) is 12.3 Å². The lowest BCUT2D eigenvalue weighted by Gasteiger charge is -2.23. The maximum Gasteiger partial charge on any atom is 0.132 e. The van der Waals surface area contributed by atoms with Crippen molar-refractivity contribution >= 4 is 17.4 Å². The fourth-order valence-electron chi connectivity index (χ4n) is 2.10. The van der Waals surface area contributed by atoms with Crippen LogP contribution in [0.1, 0.15) is 31.2 Å². The molecular formula is C12H17ClN2. The number of anilines is 1. The van der Waals surface area contributed by atoms with Crippen molar-refractivity contribution < 1.29 is 0 Å². The van der Waals surface area contributed by atoms with Crippen LogP contribution in [0.2, 0.25) is 0 Å². The molecule has 1 fully saturated rings. The summed E-state index contributed by atoms with van der Waals surface area (Å²) in [5.41, 5.74) is 1.15. The molecule has 15 heavy (non-hydrogen) atoms. The molecule has 0 radical (unpaired) electrons. The molecule has 0 aliphatic carbocycles. The number of aromatic nitrogens is 1. The van der Waals surface area contributed by atoms with Gasteiger partial charge >= 0.3 is 0 Å². The Bertz CT molecular complexity index is 306. The highest BCUT2D eigenvalue weighted by Gasteiger charge is 2.13. The summed E-state index contributed by atoms with van der Waals surface area (Å²) in [6.07, 6.45) is 7.10. The number of nitrogens with zero attached hydrogens (tertiary/aromatic N) is 2. The first kappa shape index (κ1) is 10.7. The number of rotatable bonds is 2. The van der Waals surface area contributed by atoms with Crippen LogP contribution in [0.25, 0.3) is 0 Å². The number of pyridine rings is 1. The van der Waals surface area contributed by atoms with Crippen molar-refractivity contribution in [1.29, 1.82) is 0 Å². The Morgan fingerprint density at radius 2 is 1.93 bits per heavy atom. The van der Waals surface area contributed by atoms with E-state index in [4.69, 9.17) is 11.6 Å². The largest absolute Gasteiger partial charge is 0.356 e. The van der Waals surface area contributed by atoms with E-state index in [9.17, 15) is 0 Å². The lowest BCUT2D eigenvalue weighted by atomic mass is 10.2. The molecule has 0 aromatic carbocycles. The molecule has 0 amide bonds. The summed E-state index contributed by atoms with van der Waals surface area (Å²) in [5.74, 6) is 1.65. The third kappa shape index (κ3) is 2.63. The van der Waals surface area contributed by atoms with Gasteiger partial charge in [-0.05, 0) is 18.9 Å². The van der Waals surface area contributed by atoms with Crippen LogP contribution < -0.4 is 4.90 Å². The summed E-state index contributed by atoms with van der Waals surface area (Å²) >= 11 is 5.93. The molecule has 1 aromatic heterocycles. The molecular weight excluding hydrogens is 208 g/mol. The summed E-state index contributed by atoms with van der Waals surface area (Å²) in [7, 11) is 0. The van der Waals surface area contributed by atoms with Crippen molar-refractivity contribution in [3.05, 3.63) is 23.9 Å². The van der Waals surface area contributed by atoms with Crippen molar-refractivity contribution in [3.63, 3.8) is 0 Å². The van der Waals surface area contributed by atoms with Gasteiger partial charge in [0.25, 0.3) is 0 Å². The summed E-state index contributed by atoms with van der Waals surface area (Å²) in [4.78, 5) is 6.84. The first-order valence-electron chi connectivity index (χ1n) is 5.66. The van der Waals surface area contributed by atoms with Gasteiger partial charge in [-0.3, -0.25) is 0 Å². The summed E-state index contributed by atoms with van der Waals surface area (Å²) in [6.45, 7) is 2.25. The summed E-state index contributed by atoms with van der Waals surface area (Å²) in [5, 5.41) is 0. The zero-order valence-corrected chi connectivity index (χ0v) is 9.71. The van der Waals surface area contributed by atoms with Gasteiger partial charge in [0.2, 0.25) is 0 Å². The monoisotopic (exact) mass is 224 g/mol. The lowest BCUT2D eigenvalue weighted by Crippen LogP contribution is -2.25. The molecule has 0 atom stereocenters. The number of halogens is 1. The van der Waals surface area contributed by atoms with Gasteiger partial charge in [0, 0.05) is 24.8 Å². The van der Waals surface area contributed by atoms with Crippen LogP contribution in [-0.2, 0) is 5.88 Å². The molecule has 0 saturated carbocycles. The second-order valence-electron chi connectivity index (χ2n) is 4.02. The second-order valence-corrected chi connectivity index (χ2v) is 4.29. The van der Waals surface area contributed by atoms with Crippen LogP contribution in [0, 0.1) is 0 Å². The number of hydrogen-bond donors (Lipinski definition) is 0. The van der Waals surface area contributed by atoms with Gasteiger partial charge in [-0.2, -0.15) is 0 Å². The van der Waals surface area contributed by atoms with Gasteiger partial charge < -0.3 is 4.90 Å². The average Bonchev–Trinajstić information content (AvgIpc) is 2.57. The third-order valence-corrected chi connectivity index (χ3v) is 3.21. The van der Waals surface area contributed by atoms with Gasteiger partial charge in [0.1, 0.15) is 5.82 Å². The second kappa shape index (κ2) is 5.36. The molecule has 0 N–H and O–H groups in total. The Hall–Kier alpha value is -0.760. The maximum absolute atomic E-state index is 5.93. The molecule has 2 rings (SSSR count). The Balaban J connectivity index is 2.18. The van der Waals surface area contributed by atoms with E-state index in [-0.39, 0.29) is 0 Å².